The summed E-state index contributed by atoms with van der Waals surface area (Å²) in [5.74, 6) is -2.76. The van der Waals surface area contributed by atoms with Gasteiger partial charge in [-0.25, -0.2) is 14.0 Å². The summed E-state index contributed by atoms with van der Waals surface area (Å²) >= 11 is 0. The number of carbonyl (C=O) groups is 2. The van der Waals surface area contributed by atoms with Gasteiger partial charge in [0.2, 0.25) is 0 Å². The van der Waals surface area contributed by atoms with Gasteiger partial charge in [0.25, 0.3) is 11.4 Å². The van der Waals surface area contributed by atoms with E-state index >= 15 is 0 Å². The minimum Gasteiger partial charge on any atom is -0.493 e. The van der Waals surface area contributed by atoms with Crippen LogP contribution in [-0.4, -0.2) is 41.2 Å². The molecule has 0 saturated carbocycles. The first-order chi connectivity index (χ1) is 20.3. The van der Waals surface area contributed by atoms with E-state index in [0.29, 0.717) is 5.56 Å². The van der Waals surface area contributed by atoms with Gasteiger partial charge in [-0.2, -0.15) is 13.2 Å². The number of halogens is 4. The molecule has 0 unspecified atom stereocenters. The Bertz CT molecular complexity index is 1520. The fourth-order valence-corrected chi connectivity index (χ4v) is 3.54. The predicted octanol–water partition coefficient (Wildman–Crippen LogP) is 6.38. The summed E-state index contributed by atoms with van der Waals surface area (Å²) in [4.78, 5) is 44.9. The highest BCUT2D eigenvalue weighted by atomic mass is 19.4. The fraction of sp³-hybridized carbons (Fsp3) is 0.214. The lowest BCUT2D eigenvalue weighted by atomic mass is 10.1. The van der Waals surface area contributed by atoms with Gasteiger partial charge in [0.15, 0.2) is 0 Å². The summed E-state index contributed by atoms with van der Waals surface area (Å²) in [7, 11) is 0. The second kappa shape index (κ2) is 14.5. The summed E-state index contributed by atoms with van der Waals surface area (Å²) in [5, 5.41) is 22.0. The number of carbonyl (C=O) groups excluding carboxylic acids is 2. The first kappa shape index (κ1) is 32.2. The zero-order valence-electron chi connectivity index (χ0n) is 22.0. The van der Waals surface area contributed by atoms with E-state index in [1.807, 2.05) is 0 Å². The molecule has 0 heterocycles. The molecule has 0 N–H and O–H groups in total. The normalized spacial score (nSPS) is 11.3. The molecule has 15 heteroatoms. The SMILES string of the molecule is O=C(/C=C/c1ccc(OC(=O)c2ccc(OCCCC(F)(F)F)cc2F)cc1)OCCc1ccc([N+](=O)[O-])cc1[N+](=O)[O-]. The number of nitrogens with zero attached hydrogens (tertiary/aromatic N) is 2. The van der Waals surface area contributed by atoms with Gasteiger partial charge in [0.1, 0.15) is 17.3 Å². The van der Waals surface area contributed by atoms with Crippen molar-refractivity contribution in [3.63, 3.8) is 0 Å². The number of esters is 2. The standard InChI is InChI=1S/C28H22F4N2O9/c29-24-17-22(41-14-1-13-28(30,31)32)9-10-23(24)27(36)43-21-7-2-18(3-8-21)4-11-26(35)42-15-12-19-5-6-20(33(37)38)16-25(19)34(39)40/h2-11,16-17H,1,12-15H2/b11-4+. The lowest BCUT2D eigenvalue weighted by Gasteiger charge is -2.10. The Morgan fingerprint density at radius 2 is 1.58 bits per heavy atom. The molecular weight excluding hydrogens is 584 g/mol. The smallest absolute Gasteiger partial charge is 0.389 e. The summed E-state index contributed by atoms with van der Waals surface area (Å²) in [6, 6.07) is 12.1. The van der Waals surface area contributed by atoms with Gasteiger partial charge in [0.05, 0.1) is 34.7 Å². The minimum absolute atomic E-state index is 0.0430. The maximum atomic E-state index is 14.4. The van der Waals surface area contributed by atoms with E-state index in [-0.39, 0.29) is 43.1 Å². The first-order valence-electron chi connectivity index (χ1n) is 12.4. The van der Waals surface area contributed by atoms with Crippen LogP contribution in [0.1, 0.15) is 34.3 Å². The van der Waals surface area contributed by atoms with Gasteiger partial charge in [-0.1, -0.05) is 12.1 Å². The third kappa shape index (κ3) is 10.2. The van der Waals surface area contributed by atoms with E-state index in [2.05, 4.69) is 0 Å². The predicted molar refractivity (Wildman–Crippen MR) is 142 cm³/mol. The molecule has 3 aromatic carbocycles. The molecule has 3 rings (SSSR count). The van der Waals surface area contributed by atoms with E-state index in [1.165, 1.54) is 42.5 Å². The van der Waals surface area contributed by atoms with Crippen molar-refractivity contribution in [2.24, 2.45) is 0 Å². The topological polar surface area (TPSA) is 148 Å². The molecule has 0 radical (unpaired) electrons. The average Bonchev–Trinajstić information content (AvgIpc) is 2.94. The summed E-state index contributed by atoms with van der Waals surface area (Å²) in [6.07, 6.45) is -3.25. The molecule has 3 aromatic rings. The van der Waals surface area contributed by atoms with Crippen LogP contribution in [0.15, 0.2) is 66.7 Å². The second-order valence-corrected chi connectivity index (χ2v) is 8.75. The average molecular weight is 606 g/mol. The van der Waals surface area contributed by atoms with Gasteiger partial charge < -0.3 is 14.2 Å². The van der Waals surface area contributed by atoms with Crippen molar-refractivity contribution in [2.45, 2.75) is 25.4 Å². The van der Waals surface area contributed by atoms with Crippen molar-refractivity contribution < 1.29 is 51.2 Å². The number of benzene rings is 3. The molecular formula is C28H22F4N2O9. The number of hydrogen-bond acceptors (Lipinski definition) is 9. The van der Waals surface area contributed by atoms with Crippen molar-refractivity contribution in [2.75, 3.05) is 13.2 Å². The third-order valence-electron chi connectivity index (χ3n) is 5.63. The minimum atomic E-state index is -4.32. The van der Waals surface area contributed by atoms with Gasteiger partial charge in [-0.05, 0) is 48.4 Å². The molecule has 0 aromatic heterocycles. The Balaban J connectivity index is 1.48. The van der Waals surface area contributed by atoms with Crippen LogP contribution in [-0.2, 0) is 16.0 Å². The molecule has 0 aliphatic rings. The van der Waals surface area contributed by atoms with Crippen LogP contribution in [0.2, 0.25) is 0 Å². The van der Waals surface area contributed by atoms with E-state index in [1.54, 1.807) is 0 Å². The zero-order valence-corrected chi connectivity index (χ0v) is 22.0. The van der Waals surface area contributed by atoms with Crippen molar-refractivity contribution >= 4 is 29.4 Å². The molecule has 0 saturated heterocycles. The number of non-ortho nitro benzene ring substituents is 1. The van der Waals surface area contributed by atoms with Crippen molar-refractivity contribution in [3.8, 4) is 11.5 Å². The van der Waals surface area contributed by atoms with Gasteiger partial charge in [0, 0.05) is 36.6 Å². The first-order valence-corrected chi connectivity index (χ1v) is 12.4. The number of hydrogen-bond donors (Lipinski definition) is 0. The Morgan fingerprint density at radius 3 is 2.21 bits per heavy atom. The van der Waals surface area contributed by atoms with Crippen molar-refractivity contribution in [3.05, 3.63) is 109 Å². The van der Waals surface area contributed by atoms with Gasteiger partial charge in [-0.3, -0.25) is 20.2 Å². The molecule has 0 bridgehead atoms. The Kier molecular flexibility index (Phi) is 10.9. The highest BCUT2D eigenvalue weighted by Gasteiger charge is 2.26. The number of alkyl halides is 3. The van der Waals surface area contributed by atoms with Crippen LogP contribution in [0, 0.1) is 26.0 Å². The van der Waals surface area contributed by atoms with Gasteiger partial charge >= 0.3 is 18.1 Å². The maximum Gasteiger partial charge on any atom is 0.389 e. The number of ether oxygens (including phenoxy) is 3. The van der Waals surface area contributed by atoms with Crippen molar-refractivity contribution in [1.82, 2.24) is 0 Å². The second-order valence-electron chi connectivity index (χ2n) is 8.75. The Hall–Kier alpha value is -5.34. The van der Waals surface area contributed by atoms with Crippen LogP contribution in [0.3, 0.4) is 0 Å². The summed E-state index contributed by atoms with van der Waals surface area (Å²) in [6.45, 7) is -0.507. The largest absolute Gasteiger partial charge is 0.493 e. The van der Waals surface area contributed by atoms with Gasteiger partial charge in [-0.15, -0.1) is 0 Å². The third-order valence-corrected chi connectivity index (χ3v) is 5.63. The highest BCUT2D eigenvalue weighted by molar-refractivity contribution is 5.91. The van der Waals surface area contributed by atoms with E-state index in [9.17, 15) is 47.4 Å². The van der Waals surface area contributed by atoms with Crippen LogP contribution in [0.5, 0.6) is 11.5 Å². The molecule has 0 fully saturated rings. The maximum absolute atomic E-state index is 14.4. The molecule has 0 atom stereocenters. The molecule has 0 aliphatic heterocycles. The summed E-state index contributed by atoms with van der Waals surface area (Å²) in [5.41, 5.74) is -0.671. The van der Waals surface area contributed by atoms with Crippen LogP contribution in [0.25, 0.3) is 6.08 Å². The lowest BCUT2D eigenvalue weighted by Crippen LogP contribution is -2.11. The molecule has 0 spiro atoms. The molecule has 226 valence electrons. The number of nitro groups is 2. The monoisotopic (exact) mass is 606 g/mol. The van der Waals surface area contributed by atoms with Crippen LogP contribution in [0.4, 0.5) is 28.9 Å². The van der Waals surface area contributed by atoms with E-state index < -0.39 is 57.1 Å². The van der Waals surface area contributed by atoms with E-state index in [4.69, 9.17) is 14.2 Å². The fourth-order valence-electron chi connectivity index (χ4n) is 3.54. The quantitative estimate of drug-likeness (QED) is 0.0411. The molecule has 0 aliphatic carbocycles. The van der Waals surface area contributed by atoms with E-state index in [0.717, 1.165) is 30.3 Å². The van der Waals surface area contributed by atoms with Crippen molar-refractivity contribution in [1.29, 1.82) is 0 Å². The molecule has 11 nitrogen and oxygen atoms in total. The highest BCUT2D eigenvalue weighted by Crippen LogP contribution is 2.26. The summed E-state index contributed by atoms with van der Waals surface area (Å²) < 4.78 is 66.1. The van der Waals surface area contributed by atoms with Crippen LogP contribution >= 0.6 is 0 Å². The Labute approximate surface area is 240 Å². The molecule has 43 heavy (non-hydrogen) atoms. The zero-order chi connectivity index (χ0) is 31.6. The van der Waals surface area contributed by atoms with Crippen LogP contribution < -0.4 is 9.47 Å². The number of nitro benzene ring substituents is 2. The Morgan fingerprint density at radius 1 is 0.884 bits per heavy atom. The lowest BCUT2D eigenvalue weighted by molar-refractivity contribution is -0.394. The number of rotatable bonds is 13. The molecule has 0 amide bonds.